The molecule has 18 heavy (non-hydrogen) atoms. The van der Waals surface area contributed by atoms with Crippen LogP contribution in [0.5, 0.6) is 0 Å². The van der Waals surface area contributed by atoms with Crippen molar-refractivity contribution in [3.8, 4) is 0 Å². The quantitative estimate of drug-likeness (QED) is 0.364. The molecule has 0 aliphatic heterocycles. The number of rotatable bonds is 4. The van der Waals surface area contributed by atoms with Gasteiger partial charge in [-0.05, 0) is 19.6 Å². The Morgan fingerprint density at radius 1 is 1.56 bits per heavy atom. The molecular formula is C13H14BN3O. The largest absolute Gasteiger partial charge is 0.318 e. The molecule has 0 heterocycles. The molecule has 1 amide bonds. The van der Waals surface area contributed by atoms with E-state index in [1.165, 1.54) is 6.08 Å². The van der Waals surface area contributed by atoms with Crippen LogP contribution in [0.3, 0.4) is 0 Å². The number of aryl methyl sites for hydroxylation is 1. The molecule has 1 aromatic carbocycles. The molecule has 90 valence electrons. The normalized spacial score (nSPS) is 10.2. The number of hydrogen-bond donors (Lipinski definition) is 1. The van der Waals surface area contributed by atoms with Crippen molar-refractivity contribution in [2.24, 2.45) is 10.2 Å². The van der Waals surface area contributed by atoms with Crippen molar-refractivity contribution in [3.05, 3.63) is 49.1 Å². The van der Waals surface area contributed by atoms with Crippen molar-refractivity contribution >= 4 is 30.3 Å². The molecule has 0 aliphatic carbocycles. The smallest absolute Gasteiger partial charge is 0.267 e. The molecule has 0 fully saturated rings. The summed E-state index contributed by atoms with van der Waals surface area (Å²) >= 11 is 0. The highest BCUT2D eigenvalue weighted by Crippen LogP contribution is 1.92. The Morgan fingerprint density at radius 3 is 2.94 bits per heavy atom. The van der Waals surface area contributed by atoms with Crippen LogP contribution in [0.15, 0.2) is 53.7 Å². The Balaban J connectivity index is 2.66. The van der Waals surface area contributed by atoms with Crippen LogP contribution in [-0.4, -0.2) is 24.8 Å². The molecule has 4 nitrogen and oxygen atoms in total. The van der Waals surface area contributed by atoms with E-state index in [9.17, 15) is 4.79 Å². The minimum Gasteiger partial charge on any atom is -0.318 e. The summed E-state index contributed by atoms with van der Waals surface area (Å²) in [4.78, 5) is 11.7. The van der Waals surface area contributed by atoms with Gasteiger partial charge in [0.25, 0.3) is 7.28 Å². The van der Waals surface area contributed by atoms with E-state index < -0.39 is 0 Å². The van der Waals surface area contributed by atoms with Crippen molar-refractivity contribution in [2.75, 3.05) is 0 Å². The summed E-state index contributed by atoms with van der Waals surface area (Å²) in [7, 11) is 0.284. The summed E-state index contributed by atoms with van der Waals surface area (Å²) in [5.74, 6) is 2.36. The van der Waals surface area contributed by atoms with Gasteiger partial charge in [-0.15, -0.1) is 10.2 Å². The van der Waals surface area contributed by atoms with Crippen LogP contribution in [0.1, 0.15) is 5.56 Å². The van der Waals surface area contributed by atoms with Gasteiger partial charge in [0.1, 0.15) is 0 Å². The minimum atomic E-state index is -0.168. The first kappa shape index (κ1) is 13.7. The lowest BCUT2D eigenvalue weighted by Crippen LogP contribution is -2.37. The van der Waals surface area contributed by atoms with Crippen LogP contribution in [0.25, 0.3) is 0 Å². The van der Waals surface area contributed by atoms with E-state index in [0.717, 1.165) is 11.0 Å². The molecule has 0 saturated heterocycles. The van der Waals surface area contributed by atoms with Crippen molar-refractivity contribution in [1.29, 1.82) is 0 Å². The topological polar surface area (TPSA) is 53.8 Å². The predicted octanol–water partition coefficient (Wildman–Crippen LogP) is 1.12. The fourth-order valence-corrected chi connectivity index (χ4v) is 1.40. The standard InChI is InChI=1S/C13H14BN3O/c1-4-12(17-15-5-2)16-13(18)14-11-8-6-7-10(3)9-11/h4,6-9,14H,1-2H2,3H3,(H,16,17,18). The third-order valence-corrected chi connectivity index (χ3v) is 2.14. The Kier molecular flexibility index (Phi) is 5.35. The summed E-state index contributed by atoms with van der Waals surface area (Å²) in [6.07, 6.45) is 1.41. The van der Waals surface area contributed by atoms with Crippen molar-refractivity contribution in [2.45, 2.75) is 6.92 Å². The zero-order valence-corrected chi connectivity index (χ0v) is 10.3. The summed E-state index contributed by atoms with van der Waals surface area (Å²) in [5.41, 5.74) is 2.07. The maximum atomic E-state index is 11.7. The molecule has 0 unspecified atom stereocenters. The molecule has 0 bridgehead atoms. The molecule has 1 aromatic rings. The van der Waals surface area contributed by atoms with Crippen LogP contribution in [0.4, 0.5) is 4.79 Å². The van der Waals surface area contributed by atoms with Crippen LogP contribution >= 0.6 is 0 Å². The molecule has 5 heteroatoms. The minimum absolute atomic E-state index is 0.168. The van der Waals surface area contributed by atoms with E-state index in [1.807, 2.05) is 31.2 Å². The zero-order chi connectivity index (χ0) is 13.4. The summed E-state index contributed by atoms with van der Waals surface area (Å²) in [6, 6.07) is 7.77. The molecule has 0 saturated carbocycles. The Bertz CT molecular complexity index is 531. The third kappa shape index (κ3) is 4.64. The van der Waals surface area contributed by atoms with Crippen LogP contribution in [-0.2, 0) is 0 Å². The van der Waals surface area contributed by atoms with Crippen molar-refractivity contribution in [3.63, 3.8) is 0 Å². The van der Waals surface area contributed by atoms with E-state index in [1.54, 1.807) is 0 Å². The first-order valence-corrected chi connectivity index (χ1v) is 5.43. The lowest BCUT2D eigenvalue weighted by atomic mass is 9.69. The molecule has 0 radical (unpaired) electrons. The van der Waals surface area contributed by atoms with Gasteiger partial charge in [0, 0.05) is 5.87 Å². The first-order chi connectivity index (χ1) is 8.65. The second-order valence-corrected chi connectivity index (χ2v) is 3.66. The first-order valence-electron chi connectivity index (χ1n) is 5.43. The number of carbonyl (C=O) groups excluding carboxylic acids is 1. The Hall–Kier alpha value is -2.39. The molecule has 0 spiro atoms. The molecule has 1 N–H and O–H groups in total. The number of amides is 1. The average Bonchev–Trinajstić information content (AvgIpc) is 2.34. The fraction of sp³-hybridized carbons (Fsp3) is 0.0769. The number of carbonyl (C=O) groups is 1. The number of hydrogen-bond acceptors (Lipinski definition) is 3. The lowest BCUT2D eigenvalue weighted by molar-refractivity contribution is 0.263. The van der Waals surface area contributed by atoms with Gasteiger partial charge in [0.15, 0.2) is 11.6 Å². The third-order valence-electron chi connectivity index (χ3n) is 2.14. The zero-order valence-electron chi connectivity index (χ0n) is 10.3. The molecule has 0 atom stereocenters. The van der Waals surface area contributed by atoms with Gasteiger partial charge in [-0.1, -0.05) is 41.9 Å². The molecule has 0 aromatic heterocycles. The second-order valence-electron chi connectivity index (χ2n) is 3.66. The molecule has 0 aliphatic rings. The van der Waals surface area contributed by atoms with Gasteiger partial charge < -0.3 is 5.32 Å². The van der Waals surface area contributed by atoms with Gasteiger partial charge in [-0.3, -0.25) is 4.79 Å². The average molecular weight is 239 g/mol. The highest BCUT2D eigenvalue weighted by Gasteiger charge is 2.07. The monoisotopic (exact) mass is 239 g/mol. The van der Waals surface area contributed by atoms with E-state index in [-0.39, 0.29) is 18.9 Å². The fourth-order valence-electron chi connectivity index (χ4n) is 1.40. The van der Waals surface area contributed by atoms with Gasteiger partial charge in [0.05, 0.1) is 0 Å². The molecule has 1 rings (SSSR count). The van der Waals surface area contributed by atoms with Crippen LogP contribution in [0, 0.1) is 6.92 Å². The van der Waals surface area contributed by atoms with Crippen LogP contribution in [0.2, 0.25) is 0 Å². The summed E-state index contributed by atoms with van der Waals surface area (Å²) in [6.45, 7) is 8.80. The maximum absolute atomic E-state index is 11.7. The summed E-state index contributed by atoms with van der Waals surface area (Å²) in [5, 5.41) is 9.74. The van der Waals surface area contributed by atoms with E-state index in [4.69, 9.17) is 0 Å². The maximum Gasteiger partial charge on any atom is 0.267 e. The van der Waals surface area contributed by atoms with Gasteiger partial charge >= 0.3 is 0 Å². The number of benzene rings is 1. The van der Waals surface area contributed by atoms with Gasteiger partial charge in [0.2, 0.25) is 0 Å². The number of amidine groups is 1. The molecular weight excluding hydrogens is 225 g/mol. The SMILES string of the molecule is C=C=N/N=C(\C=C)NC(=O)Bc1cccc(C)c1. The van der Waals surface area contributed by atoms with E-state index >= 15 is 0 Å². The predicted molar refractivity (Wildman–Crippen MR) is 77.2 cm³/mol. The van der Waals surface area contributed by atoms with Gasteiger partial charge in [-0.2, -0.15) is 0 Å². The second kappa shape index (κ2) is 7.04. The number of nitrogens with one attached hydrogen (secondary N) is 1. The van der Waals surface area contributed by atoms with E-state index in [2.05, 4.69) is 34.5 Å². The van der Waals surface area contributed by atoms with Crippen molar-refractivity contribution < 1.29 is 4.79 Å². The highest BCUT2D eigenvalue weighted by atomic mass is 16.1. The lowest BCUT2D eigenvalue weighted by Gasteiger charge is -2.03. The number of nitrogens with zero attached hydrogens (tertiary/aromatic N) is 2. The van der Waals surface area contributed by atoms with Gasteiger partial charge in [-0.25, -0.2) is 0 Å². The van der Waals surface area contributed by atoms with E-state index in [0.29, 0.717) is 0 Å². The highest BCUT2D eigenvalue weighted by molar-refractivity contribution is 6.84. The summed E-state index contributed by atoms with van der Waals surface area (Å²) < 4.78 is 0. The van der Waals surface area contributed by atoms with Crippen molar-refractivity contribution in [1.82, 2.24) is 5.32 Å². The Labute approximate surface area is 107 Å². The van der Waals surface area contributed by atoms with Crippen LogP contribution < -0.4 is 10.8 Å². The Morgan fingerprint density at radius 2 is 2.33 bits per heavy atom.